The Bertz CT molecular complexity index is 612. The predicted molar refractivity (Wildman–Crippen MR) is 83.0 cm³/mol. The highest BCUT2D eigenvalue weighted by Crippen LogP contribution is 2.21. The van der Waals surface area contributed by atoms with E-state index in [-0.39, 0.29) is 0 Å². The van der Waals surface area contributed by atoms with Crippen molar-refractivity contribution in [3.8, 4) is 0 Å². The van der Waals surface area contributed by atoms with Crippen LogP contribution >= 0.6 is 0 Å². The minimum atomic E-state index is 0.350. The van der Waals surface area contributed by atoms with Crippen LogP contribution in [0.5, 0.6) is 0 Å². The minimum absolute atomic E-state index is 0.350. The van der Waals surface area contributed by atoms with Crippen LogP contribution < -0.4 is 10.2 Å². The summed E-state index contributed by atoms with van der Waals surface area (Å²) in [7, 11) is 0. The average Bonchev–Trinajstić information content (AvgIpc) is 3.18. The van der Waals surface area contributed by atoms with Crippen LogP contribution in [-0.2, 0) is 11.2 Å². The molecule has 1 unspecified atom stereocenters. The van der Waals surface area contributed by atoms with Crippen molar-refractivity contribution in [2.45, 2.75) is 25.4 Å². The SMILES string of the molecule is c1cn2c(CC3CCCO3)ncc2cc1N1CCNCC1. The molecule has 4 rings (SSSR count). The fraction of sp³-hybridized carbons (Fsp3) is 0.562. The van der Waals surface area contributed by atoms with Crippen molar-refractivity contribution in [2.24, 2.45) is 0 Å². The van der Waals surface area contributed by atoms with Crippen LogP contribution in [-0.4, -0.2) is 48.3 Å². The molecule has 1 N–H and O–H groups in total. The van der Waals surface area contributed by atoms with Crippen LogP contribution in [0.4, 0.5) is 5.69 Å². The van der Waals surface area contributed by atoms with Crippen LogP contribution in [0, 0.1) is 0 Å². The highest BCUT2D eigenvalue weighted by atomic mass is 16.5. The van der Waals surface area contributed by atoms with E-state index in [1.165, 1.54) is 17.6 Å². The van der Waals surface area contributed by atoms with Gasteiger partial charge < -0.3 is 19.4 Å². The number of ether oxygens (including phenoxy) is 1. The summed E-state index contributed by atoms with van der Waals surface area (Å²) in [4.78, 5) is 7.03. The Hall–Kier alpha value is -1.59. The fourth-order valence-corrected chi connectivity index (χ4v) is 3.32. The Balaban J connectivity index is 1.57. The first-order chi connectivity index (χ1) is 10.4. The zero-order valence-electron chi connectivity index (χ0n) is 12.3. The number of piperazine rings is 1. The van der Waals surface area contributed by atoms with Crippen LogP contribution in [0.25, 0.3) is 5.52 Å². The van der Waals surface area contributed by atoms with Gasteiger partial charge in [-0.1, -0.05) is 0 Å². The van der Waals surface area contributed by atoms with E-state index >= 15 is 0 Å². The van der Waals surface area contributed by atoms with Gasteiger partial charge in [0.05, 0.1) is 17.8 Å². The molecule has 2 aromatic heterocycles. The van der Waals surface area contributed by atoms with Crippen molar-refractivity contribution in [3.05, 3.63) is 30.4 Å². The maximum absolute atomic E-state index is 5.73. The van der Waals surface area contributed by atoms with Crippen molar-refractivity contribution >= 4 is 11.2 Å². The molecule has 0 aromatic carbocycles. The Morgan fingerprint density at radius 2 is 2.24 bits per heavy atom. The monoisotopic (exact) mass is 286 g/mol. The van der Waals surface area contributed by atoms with Gasteiger partial charge in [0, 0.05) is 51.1 Å². The molecular weight excluding hydrogens is 264 g/mol. The van der Waals surface area contributed by atoms with Crippen molar-refractivity contribution in [1.82, 2.24) is 14.7 Å². The normalized spacial score (nSPS) is 23.0. The van der Waals surface area contributed by atoms with Gasteiger partial charge in [0.2, 0.25) is 0 Å². The van der Waals surface area contributed by atoms with Crippen molar-refractivity contribution in [1.29, 1.82) is 0 Å². The number of hydrogen-bond acceptors (Lipinski definition) is 4. The fourth-order valence-electron chi connectivity index (χ4n) is 3.32. The third-order valence-corrected chi connectivity index (χ3v) is 4.51. The van der Waals surface area contributed by atoms with E-state index in [0.717, 1.165) is 51.5 Å². The van der Waals surface area contributed by atoms with E-state index in [9.17, 15) is 0 Å². The van der Waals surface area contributed by atoms with E-state index < -0.39 is 0 Å². The van der Waals surface area contributed by atoms with Gasteiger partial charge in [-0.2, -0.15) is 0 Å². The Kier molecular flexibility index (Phi) is 3.53. The topological polar surface area (TPSA) is 41.8 Å². The van der Waals surface area contributed by atoms with Crippen molar-refractivity contribution in [3.63, 3.8) is 0 Å². The lowest BCUT2D eigenvalue weighted by atomic mass is 10.2. The van der Waals surface area contributed by atoms with Gasteiger partial charge in [0.1, 0.15) is 5.82 Å². The van der Waals surface area contributed by atoms with Gasteiger partial charge in [0.25, 0.3) is 0 Å². The zero-order chi connectivity index (χ0) is 14.1. The van der Waals surface area contributed by atoms with Crippen LogP contribution in [0.2, 0.25) is 0 Å². The summed E-state index contributed by atoms with van der Waals surface area (Å²) >= 11 is 0. The molecule has 2 fully saturated rings. The standard InChI is InChI=1S/C16H22N4O/c1-2-15(21-9-1)11-16-18-12-14-10-13(3-6-20(14)16)19-7-4-17-5-8-19/h3,6,10,12,15,17H,1-2,4-5,7-9,11H2. The third-order valence-electron chi connectivity index (χ3n) is 4.51. The van der Waals surface area contributed by atoms with Gasteiger partial charge in [-0.25, -0.2) is 4.98 Å². The first kappa shape index (κ1) is 13.1. The number of nitrogens with zero attached hydrogens (tertiary/aromatic N) is 3. The highest BCUT2D eigenvalue weighted by molar-refractivity contribution is 5.59. The quantitative estimate of drug-likeness (QED) is 0.928. The number of hydrogen-bond donors (Lipinski definition) is 1. The summed E-state index contributed by atoms with van der Waals surface area (Å²) in [5, 5.41) is 3.39. The molecule has 2 aliphatic rings. The molecule has 0 spiro atoms. The first-order valence-corrected chi connectivity index (χ1v) is 7.93. The average molecular weight is 286 g/mol. The van der Waals surface area contributed by atoms with Gasteiger partial charge in [-0.15, -0.1) is 0 Å². The predicted octanol–water partition coefficient (Wildman–Crippen LogP) is 1.47. The molecule has 0 amide bonds. The zero-order valence-corrected chi connectivity index (χ0v) is 12.3. The van der Waals surface area contributed by atoms with E-state index in [2.05, 4.69) is 37.9 Å². The highest BCUT2D eigenvalue weighted by Gasteiger charge is 2.19. The van der Waals surface area contributed by atoms with E-state index in [0.29, 0.717) is 6.10 Å². The summed E-state index contributed by atoms with van der Waals surface area (Å²) < 4.78 is 7.93. The summed E-state index contributed by atoms with van der Waals surface area (Å²) in [6, 6.07) is 4.45. The number of nitrogens with one attached hydrogen (secondary N) is 1. The molecular formula is C16H22N4O. The molecule has 0 radical (unpaired) electrons. The number of pyridine rings is 1. The second kappa shape index (κ2) is 5.66. The maximum Gasteiger partial charge on any atom is 0.115 e. The van der Waals surface area contributed by atoms with Gasteiger partial charge in [-0.05, 0) is 25.0 Å². The Morgan fingerprint density at radius 3 is 3.05 bits per heavy atom. The third kappa shape index (κ3) is 2.63. The molecule has 5 nitrogen and oxygen atoms in total. The molecule has 2 aromatic rings. The molecule has 112 valence electrons. The molecule has 0 bridgehead atoms. The van der Waals surface area contributed by atoms with Crippen LogP contribution in [0.1, 0.15) is 18.7 Å². The number of imidazole rings is 1. The number of rotatable bonds is 3. The van der Waals surface area contributed by atoms with Crippen molar-refractivity contribution < 1.29 is 4.74 Å². The molecule has 5 heteroatoms. The molecule has 0 saturated carbocycles. The van der Waals surface area contributed by atoms with E-state index in [1.807, 2.05) is 6.20 Å². The number of fused-ring (bicyclic) bond motifs is 1. The smallest absolute Gasteiger partial charge is 0.115 e. The largest absolute Gasteiger partial charge is 0.378 e. The first-order valence-electron chi connectivity index (χ1n) is 7.93. The minimum Gasteiger partial charge on any atom is -0.378 e. The van der Waals surface area contributed by atoms with Crippen LogP contribution in [0.15, 0.2) is 24.5 Å². The Morgan fingerprint density at radius 1 is 1.33 bits per heavy atom. The Labute approximate surface area is 124 Å². The summed E-state index contributed by atoms with van der Waals surface area (Å²) in [5.74, 6) is 1.11. The lowest BCUT2D eigenvalue weighted by Crippen LogP contribution is -2.43. The van der Waals surface area contributed by atoms with E-state index in [4.69, 9.17) is 4.74 Å². The molecule has 0 aliphatic carbocycles. The molecule has 2 saturated heterocycles. The van der Waals surface area contributed by atoms with Crippen molar-refractivity contribution in [2.75, 3.05) is 37.7 Å². The summed E-state index contributed by atoms with van der Waals surface area (Å²) in [6.45, 7) is 5.19. The van der Waals surface area contributed by atoms with Crippen LogP contribution in [0.3, 0.4) is 0 Å². The molecule has 2 aliphatic heterocycles. The van der Waals surface area contributed by atoms with E-state index in [1.54, 1.807) is 0 Å². The lowest BCUT2D eigenvalue weighted by molar-refractivity contribution is 0.110. The number of aromatic nitrogens is 2. The molecule has 1 atom stereocenters. The summed E-state index contributed by atoms with van der Waals surface area (Å²) in [5.41, 5.74) is 2.48. The van der Waals surface area contributed by atoms with Gasteiger partial charge >= 0.3 is 0 Å². The molecule has 4 heterocycles. The lowest BCUT2D eigenvalue weighted by Gasteiger charge is -2.29. The van der Waals surface area contributed by atoms with Gasteiger partial charge in [0.15, 0.2) is 0 Å². The summed E-state index contributed by atoms with van der Waals surface area (Å²) in [6.07, 6.45) is 7.75. The molecule has 21 heavy (non-hydrogen) atoms. The maximum atomic E-state index is 5.73. The second-order valence-corrected chi connectivity index (χ2v) is 5.93. The second-order valence-electron chi connectivity index (χ2n) is 5.93. The van der Waals surface area contributed by atoms with Gasteiger partial charge in [-0.3, -0.25) is 0 Å². The number of anilines is 1.